The highest BCUT2D eigenvalue weighted by atomic mass is 19.1. The Morgan fingerprint density at radius 1 is 1.27 bits per heavy atom. The molecule has 0 bridgehead atoms. The molecule has 5 nitrogen and oxygen atoms in total. The van der Waals surface area contributed by atoms with Crippen molar-refractivity contribution in [2.24, 2.45) is 0 Å². The third-order valence-corrected chi connectivity index (χ3v) is 4.36. The summed E-state index contributed by atoms with van der Waals surface area (Å²) in [5.41, 5.74) is 1.22. The van der Waals surface area contributed by atoms with Gasteiger partial charge in [-0.1, -0.05) is 18.2 Å². The molecule has 1 heterocycles. The van der Waals surface area contributed by atoms with Gasteiger partial charge in [0.25, 0.3) is 0 Å². The SMILES string of the molecule is Cc1c(F)cccc1NC(=O)CN1CCNC(=O)[C@H]1c1cccc(F)c1. The van der Waals surface area contributed by atoms with Gasteiger partial charge < -0.3 is 10.6 Å². The van der Waals surface area contributed by atoms with E-state index >= 15 is 0 Å². The average molecular weight is 359 g/mol. The van der Waals surface area contributed by atoms with E-state index < -0.39 is 17.7 Å². The van der Waals surface area contributed by atoms with Crippen LogP contribution in [0.25, 0.3) is 0 Å². The number of nitrogens with one attached hydrogen (secondary N) is 2. The van der Waals surface area contributed by atoms with Crippen LogP contribution in [0.15, 0.2) is 42.5 Å². The molecule has 0 aliphatic carbocycles. The summed E-state index contributed by atoms with van der Waals surface area (Å²) in [5.74, 6) is -1.50. The lowest BCUT2D eigenvalue weighted by molar-refractivity contribution is -0.130. The first-order valence-electron chi connectivity index (χ1n) is 8.28. The molecule has 3 rings (SSSR count). The van der Waals surface area contributed by atoms with Crippen molar-refractivity contribution in [3.63, 3.8) is 0 Å². The van der Waals surface area contributed by atoms with Crippen LogP contribution in [0.1, 0.15) is 17.2 Å². The third-order valence-electron chi connectivity index (χ3n) is 4.36. The van der Waals surface area contributed by atoms with E-state index in [1.165, 1.54) is 30.3 Å². The van der Waals surface area contributed by atoms with Crippen LogP contribution in [0, 0.1) is 18.6 Å². The van der Waals surface area contributed by atoms with Gasteiger partial charge in [-0.2, -0.15) is 0 Å². The number of piperazine rings is 1. The maximum absolute atomic E-state index is 13.6. The van der Waals surface area contributed by atoms with Crippen LogP contribution < -0.4 is 10.6 Å². The molecule has 1 atom stereocenters. The largest absolute Gasteiger partial charge is 0.353 e. The van der Waals surface area contributed by atoms with E-state index in [2.05, 4.69) is 10.6 Å². The Morgan fingerprint density at radius 2 is 2.04 bits per heavy atom. The van der Waals surface area contributed by atoms with Gasteiger partial charge in [0.1, 0.15) is 17.7 Å². The number of anilines is 1. The fourth-order valence-electron chi connectivity index (χ4n) is 3.04. The number of halogens is 2. The Kier molecular flexibility index (Phi) is 5.27. The third kappa shape index (κ3) is 3.88. The predicted octanol–water partition coefficient (Wildman–Crippen LogP) is 2.38. The van der Waals surface area contributed by atoms with E-state index in [0.29, 0.717) is 29.9 Å². The van der Waals surface area contributed by atoms with Crippen LogP contribution in [-0.2, 0) is 9.59 Å². The number of hydrogen-bond acceptors (Lipinski definition) is 3. The number of hydrogen-bond donors (Lipinski definition) is 2. The summed E-state index contributed by atoms with van der Waals surface area (Å²) in [4.78, 5) is 26.4. The van der Waals surface area contributed by atoms with Crippen molar-refractivity contribution in [2.75, 3.05) is 25.0 Å². The summed E-state index contributed by atoms with van der Waals surface area (Å²) in [6.07, 6.45) is 0. The Balaban J connectivity index is 1.76. The fraction of sp³-hybridized carbons (Fsp3) is 0.263. The number of rotatable bonds is 4. The molecule has 2 aromatic carbocycles. The fourth-order valence-corrected chi connectivity index (χ4v) is 3.04. The van der Waals surface area contributed by atoms with Gasteiger partial charge in [0.15, 0.2) is 0 Å². The molecule has 0 saturated carbocycles. The lowest BCUT2D eigenvalue weighted by Gasteiger charge is -2.34. The summed E-state index contributed by atoms with van der Waals surface area (Å²) in [7, 11) is 0. The van der Waals surface area contributed by atoms with Crippen LogP contribution in [0.3, 0.4) is 0 Å². The number of amides is 2. The maximum atomic E-state index is 13.6. The quantitative estimate of drug-likeness (QED) is 0.881. The molecule has 1 aliphatic rings. The van der Waals surface area contributed by atoms with Gasteiger partial charge in [0.05, 0.1) is 6.54 Å². The first-order valence-corrected chi connectivity index (χ1v) is 8.28. The Bertz CT molecular complexity index is 841. The van der Waals surface area contributed by atoms with Gasteiger partial charge in [-0.05, 0) is 36.8 Å². The molecule has 2 aromatic rings. The number of carbonyl (C=O) groups is 2. The van der Waals surface area contributed by atoms with Crippen LogP contribution in [-0.4, -0.2) is 36.3 Å². The second-order valence-electron chi connectivity index (χ2n) is 6.18. The van der Waals surface area contributed by atoms with Crippen molar-refractivity contribution in [3.05, 3.63) is 65.2 Å². The summed E-state index contributed by atoms with van der Waals surface area (Å²) < 4.78 is 27.2. The molecule has 1 saturated heterocycles. The maximum Gasteiger partial charge on any atom is 0.242 e. The smallest absolute Gasteiger partial charge is 0.242 e. The van der Waals surface area contributed by atoms with E-state index in [0.717, 1.165) is 0 Å². The van der Waals surface area contributed by atoms with Crippen molar-refractivity contribution in [2.45, 2.75) is 13.0 Å². The molecule has 1 aliphatic heterocycles. The number of benzene rings is 2. The molecule has 1 fully saturated rings. The monoisotopic (exact) mass is 359 g/mol. The molecule has 2 N–H and O–H groups in total. The van der Waals surface area contributed by atoms with Crippen molar-refractivity contribution in [1.82, 2.24) is 10.2 Å². The van der Waals surface area contributed by atoms with Gasteiger partial charge in [-0.25, -0.2) is 8.78 Å². The zero-order valence-electron chi connectivity index (χ0n) is 14.3. The normalized spacial score (nSPS) is 17.7. The van der Waals surface area contributed by atoms with E-state index in [-0.39, 0.29) is 18.4 Å². The van der Waals surface area contributed by atoms with Crippen LogP contribution in [0.5, 0.6) is 0 Å². The Hall–Kier alpha value is -2.80. The van der Waals surface area contributed by atoms with Gasteiger partial charge in [-0.3, -0.25) is 14.5 Å². The van der Waals surface area contributed by atoms with Gasteiger partial charge >= 0.3 is 0 Å². The van der Waals surface area contributed by atoms with Gasteiger partial charge in [0.2, 0.25) is 11.8 Å². The van der Waals surface area contributed by atoms with Crippen LogP contribution in [0.4, 0.5) is 14.5 Å². The highest BCUT2D eigenvalue weighted by Gasteiger charge is 2.32. The molecule has 136 valence electrons. The highest BCUT2D eigenvalue weighted by molar-refractivity contribution is 5.93. The minimum absolute atomic E-state index is 0.0649. The van der Waals surface area contributed by atoms with Gasteiger partial charge in [-0.15, -0.1) is 0 Å². The molecular weight excluding hydrogens is 340 g/mol. The molecule has 2 amide bonds. The van der Waals surface area contributed by atoms with E-state index in [1.807, 2.05) is 0 Å². The summed E-state index contributed by atoms with van der Waals surface area (Å²) in [5, 5.41) is 5.41. The van der Waals surface area contributed by atoms with Gasteiger partial charge in [0, 0.05) is 24.3 Å². The van der Waals surface area contributed by atoms with Crippen molar-refractivity contribution < 1.29 is 18.4 Å². The minimum Gasteiger partial charge on any atom is -0.353 e. The Labute approximate surface area is 150 Å². The lowest BCUT2D eigenvalue weighted by Crippen LogP contribution is -2.52. The number of carbonyl (C=O) groups excluding carboxylic acids is 2. The first kappa shape index (κ1) is 18.0. The molecular formula is C19H19F2N3O2. The number of nitrogens with zero attached hydrogens (tertiary/aromatic N) is 1. The van der Waals surface area contributed by atoms with Crippen molar-refractivity contribution in [1.29, 1.82) is 0 Å². The second-order valence-corrected chi connectivity index (χ2v) is 6.18. The zero-order chi connectivity index (χ0) is 18.7. The van der Waals surface area contributed by atoms with Crippen molar-refractivity contribution >= 4 is 17.5 Å². The minimum atomic E-state index is -0.751. The van der Waals surface area contributed by atoms with Crippen molar-refractivity contribution in [3.8, 4) is 0 Å². The second kappa shape index (κ2) is 7.61. The summed E-state index contributed by atoms with van der Waals surface area (Å²) >= 11 is 0. The van der Waals surface area contributed by atoms with Crippen LogP contribution >= 0.6 is 0 Å². The molecule has 7 heteroatoms. The summed E-state index contributed by atoms with van der Waals surface area (Å²) in [6, 6.07) is 9.47. The molecule has 0 unspecified atom stereocenters. The highest BCUT2D eigenvalue weighted by Crippen LogP contribution is 2.24. The zero-order valence-corrected chi connectivity index (χ0v) is 14.3. The van der Waals surface area contributed by atoms with E-state index in [9.17, 15) is 18.4 Å². The summed E-state index contributed by atoms with van der Waals surface area (Å²) in [6.45, 7) is 2.36. The standard InChI is InChI=1S/C19H19F2N3O2/c1-12-15(21)6-3-7-16(12)23-17(25)11-24-9-8-22-19(26)18(24)13-4-2-5-14(20)10-13/h2-7,10,18H,8-9,11H2,1H3,(H,22,26)(H,23,25)/t18-/m1/s1. The molecule has 0 spiro atoms. The topological polar surface area (TPSA) is 61.4 Å². The lowest BCUT2D eigenvalue weighted by atomic mass is 10.0. The average Bonchev–Trinajstić information content (AvgIpc) is 2.59. The Morgan fingerprint density at radius 3 is 2.81 bits per heavy atom. The van der Waals surface area contributed by atoms with Crippen LogP contribution in [0.2, 0.25) is 0 Å². The first-order chi connectivity index (χ1) is 12.5. The predicted molar refractivity (Wildman–Crippen MR) is 93.5 cm³/mol. The molecule has 0 aromatic heterocycles. The molecule has 0 radical (unpaired) electrons. The van der Waals surface area contributed by atoms with E-state index in [4.69, 9.17) is 0 Å². The van der Waals surface area contributed by atoms with E-state index in [1.54, 1.807) is 24.0 Å². The molecule has 26 heavy (non-hydrogen) atoms.